The lowest BCUT2D eigenvalue weighted by atomic mass is 9.94. The van der Waals surface area contributed by atoms with E-state index < -0.39 is 0 Å². The molecule has 0 atom stereocenters. The second kappa shape index (κ2) is 5.63. The predicted molar refractivity (Wildman–Crippen MR) is 86.2 cm³/mol. The lowest BCUT2D eigenvalue weighted by Gasteiger charge is -2.09. The minimum absolute atomic E-state index is 0.00875. The van der Waals surface area contributed by atoms with Gasteiger partial charge in [-0.2, -0.15) is 0 Å². The molecular formula is C19H15NO. The Kier molecular flexibility index (Phi) is 3.52. The molecular weight excluding hydrogens is 258 g/mol. The number of anilines is 1. The van der Waals surface area contributed by atoms with Crippen LogP contribution in [0.2, 0.25) is 0 Å². The van der Waals surface area contributed by atoms with Crippen molar-refractivity contribution >= 4 is 11.5 Å². The number of carbonyl (C=O) groups is 1. The monoisotopic (exact) mass is 273 g/mol. The number of ketones is 1. The molecule has 3 rings (SSSR count). The quantitative estimate of drug-likeness (QED) is 0.575. The van der Waals surface area contributed by atoms with Crippen LogP contribution in [0, 0.1) is 0 Å². The van der Waals surface area contributed by atoms with Gasteiger partial charge in [0.25, 0.3) is 0 Å². The lowest BCUT2D eigenvalue weighted by Crippen LogP contribution is -2.03. The zero-order valence-corrected chi connectivity index (χ0v) is 11.5. The second-order valence-corrected chi connectivity index (χ2v) is 4.86. The number of nitrogens with two attached hydrogens (primary N) is 1. The largest absolute Gasteiger partial charge is 0.399 e. The summed E-state index contributed by atoms with van der Waals surface area (Å²) in [5.74, 6) is 0.00875. The van der Waals surface area contributed by atoms with E-state index in [9.17, 15) is 4.79 Å². The summed E-state index contributed by atoms with van der Waals surface area (Å²) in [5.41, 5.74) is 9.66. The first-order chi connectivity index (χ1) is 10.3. The summed E-state index contributed by atoms with van der Waals surface area (Å²) in [6, 6.07) is 24.6. The van der Waals surface area contributed by atoms with E-state index in [2.05, 4.69) is 0 Å². The van der Waals surface area contributed by atoms with E-state index in [-0.39, 0.29) is 5.78 Å². The third-order valence-corrected chi connectivity index (χ3v) is 3.43. The summed E-state index contributed by atoms with van der Waals surface area (Å²) < 4.78 is 0. The van der Waals surface area contributed by atoms with Crippen LogP contribution in [-0.2, 0) is 0 Å². The fourth-order valence-electron chi connectivity index (χ4n) is 2.34. The Labute approximate surface area is 123 Å². The van der Waals surface area contributed by atoms with Crippen LogP contribution in [0.1, 0.15) is 15.9 Å². The molecule has 0 spiro atoms. The van der Waals surface area contributed by atoms with Crippen molar-refractivity contribution < 1.29 is 4.79 Å². The van der Waals surface area contributed by atoms with Crippen molar-refractivity contribution in [2.75, 3.05) is 5.73 Å². The Balaban J connectivity index is 2.07. The maximum atomic E-state index is 12.7. The number of hydrogen-bond acceptors (Lipinski definition) is 2. The Hall–Kier alpha value is -2.87. The van der Waals surface area contributed by atoms with E-state index in [0.717, 1.165) is 11.1 Å². The second-order valence-electron chi connectivity index (χ2n) is 4.86. The van der Waals surface area contributed by atoms with Gasteiger partial charge in [0.2, 0.25) is 0 Å². The van der Waals surface area contributed by atoms with Crippen LogP contribution < -0.4 is 5.73 Å². The smallest absolute Gasteiger partial charge is 0.193 e. The van der Waals surface area contributed by atoms with Gasteiger partial charge < -0.3 is 5.73 Å². The fourth-order valence-corrected chi connectivity index (χ4v) is 2.34. The van der Waals surface area contributed by atoms with Crippen molar-refractivity contribution in [3.63, 3.8) is 0 Å². The van der Waals surface area contributed by atoms with Crippen LogP contribution in [0.4, 0.5) is 5.69 Å². The molecule has 0 radical (unpaired) electrons. The van der Waals surface area contributed by atoms with Gasteiger partial charge in [-0.05, 0) is 35.4 Å². The van der Waals surface area contributed by atoms with Crippen molar-refractivity contribution in [3.05, 3.63) is 90.0 Å². The van der Waals surface area contributed by atoms with Crippen LogP contribution >= 0.6 is 0 Å². The number of hydrogen-bond donors (Lipinski definition) is 1. The topological polar surface area (TPSA) is 43.1 Å². The standard InChI is InChI=1S/C19H15NO/c20-16-12-10-15(11-13-16)19(21)18-9-5-4-8-17(18)14-6-2-1-3-7-14/h1-13H,20H2. The molecule has 0 aliphatic carbocycles. The van der Waals surface area contributed by atoms with Gasteiger partial charge in [0.1, 0.15) is 0 Å². The first kappa shape index (κ1) is 13.1. The Morgan fingerprint density at radius 2 is 1.33 bits per heavy atom. The average molecular weight is 273 g/mol. The summed E-state index contributed by atoms with van der Waals surface area (Å²) in [5, 5.41) is 0. The van der Waals surface area contributed by atoms with Crippen LogP contribution in [0.3, 0.4) is 0 Å². The molecule has 0 fully saturated rings. The van der Waals surface area contributed by atoms with Crippen LogP contribution in [-0.4, -0.2) is 5.78 Å². The summed E-state index contributed by atoms with van der Waals surface area (Å²) >= 11 is 0. The van der Waals surface area contributed by atoms with E-state index in [1.54, 1.807) is 24.3 Å². The van der Waals surface area contributed by atoms with E-state index in [0.29, 0.717) is 16.8 Å². The SMILES string of the molecule is Nc1ccc(C(=O)c2ccccc2-c2ccccc2)cc1. The predicted octanol–water partition coefficient (Wildman–Crippen LogP) is 4.17. The highest BCUT2D eigenvalue weighted by Gasteiger charge is 2.13. The Bertz CT molecular complexity index is 761. The first-order valence-corrected chi connectivity index (χ1v) is 6.80. The molecule has 3 aromatic rings. The fraction of sp³-hybridized carbons (Fsp3) is 0. The third-order valence-electron chi connectivity index (χ3n) is 3.43. The van der Waals surface area contributed by atoms with Crippen molar-refractivity contribution in [2.24, 2.45) is 0 Å². The van der Waals surface area contributed by atoms with Crippen molar-refractivity contribution in [1.82, 2.24) is 0 Å². The molecule has 0 aliphatic heterocycles. The van der Waals surface area contributed by atoms with Gasteiger partial charge >= 0.3 is 0 Å². The minimum atomic E-state index is 0.00875. The van der Waals surface area contributed by atoms with E-state index in [1.807, 2.05) is 54.6 Å². The van der Waals surface area contributed by atoms with E-state index in [1.165, 1.54) is 0 Å². The van der Waals surface area contributed by atoms with Crippen LogP contribution in [0.25, 0.3) is 11.1 Å². The highest BCUT2D eigenvalue weighted by atomic mass is 16.1. The molecule has 0 heterocycles. The van der Waals surface area contributed by atoms with Gasteiger partial charge in [0, 0.05) is 16.8 Å². The zero-order chi connectivity index (χ0) is 14.7. The number of benzene rings is 3. The zero-order valence-electron chi connectivity index (χ0n) is 11.5. The highest BCUT2D eigenvalue weighted by Crippen LogP contribution is 2.25. The maximum absolute atomic E-state index is 12.7. The maximum Gasteiger partial charge on any atom is 0.193 e. The van der Waals surface area contributed by atoms with Gasteiger partial charge in [-0.3, -0.25) is 4.79 Å². The molecule has 2 nitrogen and oxygen atoms in total. The summed E-state index contributed by atoms with van der Waals surface area (Å²) in [6.45, 7) is 0. The van der Waals surface area contributed by atoms with Crippen molar-refractivity contribution in [2.45, 2.75) is 0 Å². The number of rotatable bonds is 3. The van der Waals surface area contributed by atoms with E-state index >= 15 is 0 Å². The van der Waals surface area contributed by atoms with E-state index in [4.69, 9.17) is 5.73 Å². The molecule has 0 saturated carbocycles. The van der Waals surface area contributed by atoms with Crippen LogP contribution in [0.15, 0.2) is 78.9 Å². The molecule has 0 amide bonds. The molecule has 2 heteroatoms. The molecule has 3 aromatic carbocycles. The third kappa shape index (κ3) is 2.70. The average Bonchev–Trinajstić information content (AvgIpc) is 2.56. The Morgan fingerprint density at radius 1 is 0.714 bits per heavy atom. The normalized spacial score (nSPS) is 10.3. The molecule has 2 N–H and O–H groups in total. The molecule has 0 aliphatic rings. The molecule has 0 saturated heterocycles. The lowest BCUT2D eigenvalue weighted by molar-refractivity contribution is 0.103. The number of nitrogen functional groups attached to an aromatic ring is 1. The highest BCUT2D eigenvalue weighted by molar-refractivity contribution is 6.12. The summed E-state index contributed by atoms with van der Waals surface area (Å²) in [4.78, 5) is 12.7. The van der Waals surface area contributed by atoms with Crippen molar-refractivity contribution in [3.8, 4) is 11.1 Å². The van der Waals surface area contributed by atoms with Gasteiger partial charge in [-0.15, -0.1) is 0 Å². The van der Waals surface area contributed by atoms with Gasteiger partial charge in [0.05, 0.1) is 0 Å². The van der Waals surface area contributed by atoms with Gasteiger partial charge in [0.15, 0.2) is 5.78 Å². The first-order valence-electron chi connectivity index (χ1n) is 6.80. The molecule has 0 aromatic heterocycles. The van der Waals surface area contributed by atoms with Gasteiger partial charge in [-0.25, -0.2) is 0 Å². The molecule has 102 valence electrons. The summed E-state index contributed by atoms with van der Waals surface area (Å²) in [7, 11) is 0. The molecule has 21 heavy (non-hydrogen) atoms. The number of carbonyl (C=O) groups excluding carboxylic acids is 1. The molecule has 0 bridgehead atoms. The summed E-state index contributed by atoms with van der Waals surface area (Å²) in [6.07, 6.45) is 0. The minimum Gasteiger partial charge on any atom is -0.399 e. The Morgan fingerprint density at radius 3 is 2.05 bits per heavy atom. The van der Waals surface area contributed by atoms with Gasteiger partial charge in [-0.1, -0.05) is 54.6 Å². The van der Waals surface area contributed by atoms with Crippen molar-refractivity contribution in [1.29, 1.82) is 0 Å². The van der Waals surface area contributed by atoms with Crippen LogP contribution in [0.5, 0.6) is 0 Å². The molecule has 0 unspecified atom stereocenters.